The van der Waals surface area contributed by atoms with Crippen molar-refractivity contribution in [3.8, 4) is 11.5 Å². The van der Waals surface area contributed by atoms with Crippen LogP contribution in [-0.2, 0) is 13.0 Å². The number of aryl methyl sites for hydroxylation is 1. The van der Waals surface area contributed by atoms with Gasteiger partial charge in [-0.25, -0.2) is 0 Å². The fourth-order valence-corrected chi connectivity index (χ4v) is 5.13. The van der Waals surface area contributed by atoms with Crippen LogP contribution in [-0.4, -0.2) is 18.6 Å². The molecule has 0 saturated heterocycles. The van der Waals surface area contributed by atoms with E-state index in [1.165, 1.54) is 27.7 Å². The summed E-state index contributed by atoms with van der Waals surface area (Å²) >= 11 is 6.39. The number of nitrogens with one attached hydrogen (secondary N) is 2. The molecule has 2 N–H and O–H groups in total. The van der Waals surface area contributed by atoms with Crippen LogP contribution in [0.2, 0.25) is 5.02 Å². The molecule has 4 aromatic rings. The van der Waals surface area contributed by atoms with Crippen LogP contribution in [0.1, 0.15) is 59.3 Å². The molecule has 1 aromatic heterocycles. The maximum absolute atomic E-state index is 6.39. The zero-order chi connectivity index (χ0) is 23.8. The molecule has 4 nitrogen and oxygen atoms in total. The normalized spacial score (nSPS) is 15.5. The quantitative estimate of drug-likeness (QED) is 0.314. The van der Waals surface area contributed by atoms with Gasteiger partial charge in [0, 0.05) is 33.7 Å². The summed E-state index contributed by atoms with van der Waals surface area (Å²) in [6.07, 6.45) is 1.02. The van der Waals surface area contributed by atoms with Crippen molar-refractivity contribution in [2.45, 2.75) is 45.8 Å². The number of H-pyrrole nitrogens is 1. The Kier molecular flexibility index (Phi) is 6.28. The van der Waals surface area contributed by atoms with Crippen LogP contribution in [0, 0.1) is 6.92 Å². The van der Waals surface area contributed by atoms with Gasteiger partial charge in [-0.15, -0.1) is 0 Å². The number of ether oxygens (including phenoxy) is 2. The lowest BCUT2D eigenvalue weighted by Crippen LogP contribution is -2.30. The molecule has 0 amide bonds. The van der Waals surface area contributed by atoms with Crippen LogP contribution < -0.4 is 14.8 Å². The van der Waals surface area contributed by atoms with Gasteiger partial charge in [-0.2, -0.15) is 0 Å². The van der Waals surface area contributed by atoms with Gasteiger partial charge in [-0.1, -0.05) is 49.7 Å². The van der Waals surface area contributed by atoms with Crippen molar-refractivity contribution in [3.63, 3.8) is 0 Å². The van der Waals surface area contributed by atoms with E-state index in [0.717, 1.165) is 46.2 Å². The summed E-state index contributed by atoms with van der Waals surface area (Å²) in [5.41, 5.74) is 8.20. The van der Waals surface area contributed by atoms with E-state index >= 15 is 0 Å². The Morgan fingerprint density at radius 1 is 1.06 bits per heavy atom. The second kappa shape index (κ2) is 9.36. The van der Waals surface area contributed by atoms with Crippen LogP contribution in [0.25, 0.3) is 10.9 Å². The number of benzene rings is 3. The highest BCUT2D eigenvalue weighted by atomic mass is 35.5. The number of hydrogen-bond acceptors (Lipinski definition) is 3. The molecule has 5 rings (SSSR count). The van der Waals surface area contributed by atoms with E-state index < -0.39 is 0 Å². The van der Waals surface area contributed by atoms with Crippen LogP contribution in [0.4, 0.5) is 0 Å². The summed E-state index contributed by atoms with van der Waals surface area (Å²) in [5.74, 6) is 2.01. The Morgan fingerprint density at radius 2 is 1.88 bits per heavy atom. The average Bonchev–Trinajstić information content (AvgIpc) is 3.23. The molecule has 2 heterocycles. The highest BCUT2D eigenvalue weighted by Gasteiger charge is 2.26. The van der Waals surface area contributed by atoms with Crippen LogP contribution in [0.3, 0.4) is 0 Å². The van der Waals surface area contributed by atoms with Gasteiger partial charge < -0.3 is 19.8 Å². The van der Waals surface area contributed by atoms with Gasteiger partial charge >= 0.3 is 0 Å². The van der Waals surface area contributed by atoms with E-state index in [-0.39, 0.29) is 6.04 Å². The van der Waals surface area contributed by atoms with E-state index in [1.807, 2.05) is 25.1 Å². The lowest BCUT2D eigenvalue weighted by molar-refractivity contribution is 0.292. The largest absolute Gasteiger partial charge is 0.496 e. The van der Waals surface area contributed by atoms with Crippen molar-refractivity contribution in [2.75, 3.05) is 13.7 Å². The van der Waals surface area contributed by atoms with Crippen molar-refractivity contribution in [2.24, 2.45) is 0 Å². The highest BCUT2D eigenvalue weighted by Crippen LogP contribution is 2.36. The predicted molar refractivity (Wildman–Crippen MR) is 139 cm³/mol. The molecule has 34 heavy (non-hydrogen) atoms. The first-order chi connectivity index (χ1) is 16.5. The lowest BCUT2D eigenvalue weighted by atomic mass is 9.93. The minimum atomic E-state index is 0.102. The van der Waals surface area contributed by atoms with Gasteiger partial charge in [-0.05, 0) is 71.8 Å². The van der Waals surface area contributed by atoms with Gasteiger partial charge in [0.2, 0.25) is 0 Å². The number of methoxy groups -OCH3 is 1. The molecule has 3 aromatic carbocycles. The van der Waals surface area contributed by atoms with E-state index in [4.69, 9.17) is 21.1 Å². The Bertz CT molecular complexity index is 1340. The van der Waals surface area contributed by atoms with Gasteiger partial charge in [0.25, 0.3) is 0 Å². The molecule has 0 spiro atoms. The molecule has 0 bridgehead atoms. The molecule has 0 radical (unpaired) electrons. The molecule has 5 heteroatoms. The summed E-state index contributed by atoms with van der Waals surface area (Å²) in [6.45, 7) is 7.68. The number of rotatable bonds is 6. The van der Waals surface area contributed by atoms with Crippen LogP contribution >= 0.6 is 11.6 Å². The number of aromatic amines is 1. The third kappa shape index (κ3) is 4.17. The first kappa shape index (κ1) is 22.8. The van der Waals surface area contributed by atoms with Crippen molar-refractivity contribution in [3.05, 3.63) is 93.1 Å². The van der Waals surface area contributed by atoms with Crippen molar-refractivity contribution < 1.29 is 9.47 Å². The van der Waals surface area contributed by atoms with Crippen molar-refractivity contribution >= 4 is 22.5 Å². The number of para-hydroxylation sites is 1. The standard InChI is InChI=1S/C29H31ClN2O2/c1-17(2)23-15-24(30)18(3)13-27(23)34-16-20-14-19(9-10-26(20)33-4)28-29-22(11-12-31-28)21-7-5-6-8-25(21)32-29/h5-10,13-15,17,28,31-32H,11-12,16H2,1-4H3. The Labute approximate surface area is 206 Å². The van der Waals surface area contributed by atoms with Crippen LogP contribution in [0.5, 0.6) is 11.5 Å². The molecule has 0 saturated carbocycles. The summed E-state index contributed by atoms with van der Waals surface area (Å²) in [6, 6.07) is 19.1. The van der Waals surface area contributed by atoms with Gasteiger partial charge in [0.05, 0.1) is 13.2 Å². The third-order valence-electron chi connectivity index (χ3n) is 6.79. The maximum Gasteiger partial charge on any atom is 0.125 e. The number of aromatic nitrogens is 1. The minimum absolute atomic E-state index is 0.102. The lowest BCUT2D eigenvalue weighted by Gasteiger charge is -2.26. The van der Waals surface area contributed by atoms with E-state index in [0.29, 0.717) is 12.5 Å². The summed E-state index contributed by atoms with van der Waals surface area (Å²) in [4.78, 5) is 3.66. The van der Waals surface area contributed by atoms with Crippen LogP contribution in [0.15, 0.2) is 54.6 Å². The Morgan fingerprint density at radius 3 is 2.68 bits per heavy atom. The molecule has 0 aliphatic carbocycles. The number of halogens is 1. The average molecular weight is 475 g/mol. The summed E-state index contributed by atoms with van der Waals surface area (Å²) < 4.78 is 12.0. The van der Waals surface area contributed by atoms with Gasteiger partial charge in [0.1, 0.15) is 18.1 Å². The fraction of sp³-hybridized carbons (Fsp3) is 0.310. The molecular formula is C29H31ClN2O2. The minimum Gasteiger partial charge on any atom is -0.496 e. The SMILES string of the molecule is COc1ccc(C2NCCc3c2[nH]c2ccccc32)cc1COc1cc(C)c(Cl)cc1C(C)C. The van der Waals surface area contributed by atoms with Gasteiger partial charge in [0.15, 0.2) is 0 Å². The number of fused-ring (bicyclic) bond motifs is 3. The molecule has 0 fully saturated rings. The second-order valence-electron chi connectivity index (χ2n) is 9.35. The molecule has 1 atom stereocenters. The molecular weight excluding hydrogens is 444 g/mol. The number of hydrogen-bond donors (Lipinski definition) is 2. The smallest absolute Gasteiger partial charge is 0.125 e. The van der Waals surface area contributed by atoms with E-state index in [1.54, 1.807) is 7.11 Å². The zero-order valence-corrected chi connectivity index (χ0v) is 20.9. The Hall–Kier alpha value is -2.95. The maximum atomic E-state index is 6.39. The zero-order valence-electron chi connectivity index (χ0n) is 20.2. The molecule has 176 valence electrons. The fourth-order valence-electron chi connectivity index (χ4n) is 4.96. The monoisotopic (exact) mass is 474 g/mol. The van der Waals surface area contributed by atoms with Crippen molar-refractivity contribution in [1.29, 1.82) is 0 Å². The molecule has 1 aliphatic heterocycles. The summed E-state index contributed by atoms with van der Waals surface area (Å²) in [7, 11) is 1.71. The molecule has 1 aliphatic rings. The van der Waals surface area contributed by atoms with Gasteiger partial charge in [-0.3, -0.25) is 0 Å². The topological polar surface area (TPSA) is 46.3 Å². The van der Waals surface area contributed by atoms with Crippen molar-refractivity contribution in [1.82, 2.24) is 10.3 Å². The first-order valence-corrected chi connectivity index (χ1v) is 12.3. The first-order valence-electron chi connectivity index (χ1n) is 11.9. The predicted octanol–water partition coefficient (Wildman–Crippen LogP) is 7.08. The summed E-state index contributed by atoms with van der Waals surface area (Å²) in [5, 5.41) is 5.79. The highest BCUT2D eigenvalue weighted by molar-refractivity contribution is 6.31. The van der Waals surface area contributed by atoms with E-state index in [9.17, 15) is 0 Å². The Balaban J connectivity index is 1.48. The second-order valence-corrected chi connectivity index (χ2v) is 9.76. The third-order valence-corrected chi connectivity index (χ3v) is 7.20. The van der Waals surface area contributed by atoms with E-state index in [2.05, 4.69) is 60.5 Å². The molecule has 1 unspecified atom stereocenters.